The summed E-state index contributed by atoms with van der Waals surface area (Å²) in [6.45, 7) is 3.24. The van der Waals surface area contributed by atoms with Crippen molar-refractivity contribution in [3.8, 4) is 5.75 Å². The van der Waals surface area contributed by atoms with E-state index < -0.39 is 20.9 Å². The molecule has 0 heterocycles. The van der Waals surface area contributed by atoms with Crippen LogP contribution in [0.15, 0.2) is 18.2 Å². The number of benzene rings is 1. The molecule has 0 atom stereocenters. The van der Waals surface area contributed by atoms with E-state index in [1.807, 2.05) is 0 Å². The maximum atomic E-state index is 13.4. The topological polar surface area (TPSA) is 69.4 Å². The maximum Gasteiger partial charge on any atom is 0.155 e. The van der Waals surface area contributed by atoms with Gasteiger partial charge in [-0.1, -0.05) is 6.07 Å². The molecule has 0 aliphatic rings. The summed E-state index contributed by atoms with van der Waals surface area (Å²) in [6, 6.07) is 4.37. The van der Waals surface area contributed by atoms with Crippen LogP contribution in [0.3, 0.4) is 0 Å². The molecule has 0 fully saturated rings. The zero-order chi connectivity index (χ0) is 13.8. The molecule has 2 N–H and O–H groups in total. The lowest BCUT2D eigenvalue weighted by molar-refractivity contribution is 0.334. The molecular formula is C12H18FNO3S. The van der Waals surface area contributed by atoms with Gasteiger partial charge in [-0.15, -0.1) is 0 Å². The average molecular weight is 275 g/mol. The highest BCUT2D eigenvalue weighted by molar-refractivity contribution is 7.91. The van der Waals surface area contributed by atoms with Crippen molar-refractivity contribution in [1.82, 2.24) is 0 Å². The largest absolute Gasteiger partial charge is 0.492 e. The van der Waals surface area contributed by atoms with Crippen molar-refractivity contribution in [2.24, 2.45) is 5.73 Å². The Labute approximate surface area is 107 Å². The van der Waals surface area contributed by atoms with Crippen molar-refractivity contribution in [1.29, 1.82) is 0 Å². The fourth-order valence-corrected chi connectivity index (χ4v) is 2.16. The minimum Gasteiger partial charge on any atom is -0.492 e. The Balaban J connectivity index is 2.68. The Morgan fingerprint density at radius 1 is 1.39 bits per heavy atom. The Hall–Kier alpha value is -1.14. The van der Waals surface area contributed by atoms with Gasteiger partial charge in [0.05, 0.1) is 11.0 Å². The minimum atomic E-state index is -3.15. The number of hydrogen-bond donors (Lipinski definition) is 1. The van der Waals surface area contributed by atoms with Gasteiger partial charge in [-0.25, -0.2) is 12.8 Å². The van der Waals surface area contributed by atoms with E-state index in [1.165, 1.54) is 12.1 Å². The minimum absolute atomic E-state index is 0.00301. The van der Waals surface area contributed by atoms with Crippen LogP contribution in [0.1, 0.15) is 19.4 Å². The fraction of sp³-hybridized carbons (Fsp3) is 0.500. The summed E-state index contributed by atoms with van der Waals surface area (Å²) in [4.78, 5) is 0. The van der Waals surface area contributed by atoms with Crippen LogP contribution in [0.2, 0.25) is 0 Å². The Bertz CT molecular complexity index is 500. The van der Waals surface area contributed by atoms with E-state index >= 15 is 0 Å². The van der Waals surface area contributed by atoms with Crippen molar-refractivity contribution in [3.63, 3.8) is 0 Å². The van der Waals surface area contributed by atoms with Crippen molar-refractivity contribution in [2.45, 2.75) is 25.6 Å². The van der Waals surface area contributed by atoms with Crippen LogP contribution in [0, 0.1) is 5.82 Å². The Kier molecular flexibility index (Phi) is 5.10. The molecule has 1 aromatic rings. The summed E-state index contributed by atoms with van der Waals surface area (Å²) in [5, 5.41) is -0.442. The van der Waals surface area contributed by atoms with E-state index in [4.69, 9.17) is 10.5 Å². The highest BCUT2D eigenvalue weighted by Gasteiger charge is 2.16. The second-order valence-corrected chi connectivity index (χ2v) is 6.86. The van der Waals surface area contributed by atoms with E-state index in [9.17, 15) is 12.8 Å². The quantitative estimate of drug-likeness (QED) is 0.854. The SMILES string of the molecule is CC(C)S(=O)(=O)CCOc1cccc(F)c1CN. The van der Waals surface area contributed by atoms with E-state index in [2.05, 4.69) is 0 Å². The molecular weight excluding hydrogens is 257 g/mol. The molecule has 4 nitrogen and oxygen atoms in total. The summed E-state index contributed by atoms with van der Waals surface area (Å²) in [5.74, 6) is -0.233. The van der Waals surface area contributed by atoms with Gasteiger partial charge in [-0.2, -0.15) is 0 Å². The third-order valence-corrected chi connectivity index (χ3v) is 4.80. The summed E-state index contributed by atoms with van der Waals surface area (Å²) in [5.41, 5.74) is 5.68. The van der Waals surface area contributed by atoms with Crippen LogP contribution in [0.4, 0.5) is 4.39 Å². The third kappa shape index (κ3) is 3.68. The van der Waals surface area contributed by atoms with E-state index in [-0.39, 0.29) is 24.5 Å². The van der Waals surface area contributed by atoms with Crippen LogP contribution in [-0.2, 0) is 16.4 Å². The highest BCUT2D eigenvalue weighted by atomic mass is 32.2. The van der Waals surface area contributed by atoms with Gasteiger partial charge in [0.25, 0.3) is 0 Å². The first-order valence-corrected chi connectivity index (χ1v) is 7.42. The first-order valence-electron chi connectivity index (χ1n) is 5.70. The molecule has 0 radical (unpaired) electrons. The third-order valence-electron chi connectivity index (χ3n) is 2.62. The van der Waals surface area contributed by atoms with Gasteiger partial charge >= 0.3 is 0 Å². The van der Waals surface area contributed by atoms with Gasteiger partial charge in [-0.3, -0.25) is 0 Å². The van der Waals surface area contributed by atoms with Crippen molar-refractivity contribution < 1.29 is 17.5 Å². The zero-order valence-corrected chi connectivity index (χ0v) is 11.3. The number of sulfone groups is 1. The van der Waals surface area contributed by atoms with Gasteiger partial charge in [-0.05, 0) is 26.0 Å². The van der Waals surface area contributed by atoms with Crippen molar-refractivity contribution in [3.05, 3.63) is 29.6 Å². The first kappa shape index (κ1) is 14.9. The van der Waals surface area contributed by atoms with Gasteiger partial charge in [0, 0.05) is 12.1 Å². The van der Waals surface area contributed by atoms with Crippen LogP contribution >= 0.6 is 0 Å². The Morgan fingerprint density at radius 3 is 2.61 bits per heavy atom. The maximum absolute atomic E-state index is 13.4. The lowest BCUT2D eigenvalue weighted by Crippen LogP contribution is -2.22. The molecule has 0 spiro atoms. The summed E-state index contributed by atoms with van der Waals surface area (Å²) < 4.78 is 41.8. The molecule has 0 bridgehead atoms. The number of halogens is 1. The summed E-state index contributed by atoms with van der Waals surface area (Å²) in [7, 11) is -3.15. The molecule has 0 saturated carbocycles. The number of ether oxygens (including phenoxy) is 1. The fourth-order valence-electron chi connectivity index (χ4n) is 1.38. The number of hydrogen-bond acceptors (Lipinski definition) is 4. The normalized spacial score (nSPS) is 11.8. The first-order chi connectivity index (χ1) is 8.38. The van der Waals surface area contributed by atoms with Gasteiger partial charge in [0.2, 0.25) is 0 Å². The predicted molar refractivity (Wildman–Crippen MR) is 68.7 cm³/mol. The second-order valence-electron chi connectivity index (χ2n) is 4.18. The van der Waals surface area contributed by atoms with E-state index in [0.29, 0.717) is 5.75 Å². The number of rotatable bonds is 6. The second kappa shape index (κ2) is 6.15. The van der Waals surface area contributed by atoms with Gasteiger partial charge in [0.1, 0.15) is 18.2 Å². The van der Waals surface area contributed by atoms with E-state index in [0.717, 1.165) is 0 Å². The highest BCUT2D eigenvalue weighted by Crippen LogP contribution is 2.20. The van der Waals surface area contributed by atoms with Crippen LogP contribution in [0.25, 0.3) is 0 Å². The molecule has 1 aromatic carbocycles. The molecule has 0 unspecified atom stereocenters. The molecule has 1 rings (SSSR count). The molecule has 18 heavy (non-hydrogen) atoms. The van der Waals surface area contributed by atoms with Gasteiger partial charge < -0.3 is 10.5 Å². The van der Waals surface area contributed by atoms with Crippen LogP contribution in [-0.4, -0.2) is 26.0 Å². The lowest BCUT2D eigenvalue weighted by atomic mass is 10.2. The molecule has 102 valence electrons. The van der Waals surface area contributed by atoms with E-state index in [1.54, 1.807) is 19.9 Å². The number of nitrogens with two attached hydrogens (primary N) is 1. The summed E-state index contributed by atoms with van der Waals surface area (Å²) in [6.07, 6.45) is 0. The van der Waals surface area contributed by atoms with Crippen molar-refractivity contribution >= 4 is 9.84 Å². The standard InChI is InChI=1S/C12H18FNO3S/c1-9(2)18(15,16)7-6-17-12-5-3-4-11(13)10(12)8-14/h3-5,9H,6-8,14H2,1-2H3. The molecule has 0 saturated heterocycles. The van der Waals surface area contributed by atoms with Gasteiger partial charge in [0.15, 0.2) is 9.84 Å². The molecule has 0 amide bonds. The predicted octanol–water partition coefficient (Wildman–Crippen LogP) is 1.49. The van der Waals surface area contributed by atoms with Crippen LogP contribution in [0.5, 0.6) is 5.75 Å². The smallest absolute Gasteiger partial charge is 0.155 e. The molecule has 0 aromatic heterocycles. The monoisotopic (exact) mass is 275 g/mol. The molecule has 0 aliphatic heterocycles. The van der Waals surface area contributed by atoms with Crippen molar-refractivity contribution in [2.75, 3.05) is 12.4 Å². The summed E-state index contributed by atoms with van der Waals surface area (Å²) >= 11 is 0. The zero-order valence-electron chi connectivity index (χ0n) is 10.5. The molecule has 6 heteroatoms. The average Bonchev–Trinajstić information content (AvgIpc) is 2.29. The van der Waals surface area contributed by atoms with Crippen LogP contribution < -0.4 is 10.5 Å². The Morgan fingerprint density at radius 2 is 2.06 bits per heavy atom. The molecule has 0 aliphatic carbocycles. The lowest BCUT2D eigenvalue weighted by Gasteiger charge is -2.12.